The molecule has 0 saturated heterocycles. The van der Waals surface area contributed by atoms with Crippen LogP contribution in [0, 0.1) is 5.82 Å². The Labute approximate surface area is 129 Å². The number of aromatic nitrogens is 1. The summed E-state index contributed by atoms with van der Waals surface area (Å²) in [5, 5.41) is 8.30. The fraction of sp³-hybridized carbons (Fsp3) is 0.214. The lowest BCUT2D eigenvalue weighted by Gasteiger charge is -2.05. The lowest BCUT2D eigenvalue weighted by Crippen LogP contribution is -2.21. The van der Waals surface area contributed by atoms with Crippen LogP contribution in [0.2, 0.25) is 0 Å². The third-order valence-corrected chi connectivity index (χ3v) is 4.11. The first-order valence-electron chi connectivity index (χ1n) is 6.73. The number of aryl methyl sites for hydroxylation is 1. The number of rotatable bonds is 2. The summed E-state index contributed by atoms with van der Waals surface area (Å²) in [5.41, 5.74) is 1.17. The molecule has 3 amide bonds. The summed E-state index contributed by atoms with van der Waals surface area (Å²) in [6.45, 7) is 0.635. The van der Waals surface area contributed by atoms with Crippen LogP contribution < -0.4 is 16.0 Å². The second-order valence-corrected chi connectivity index (χ2v) is 5.74. The molecule has 0 aliphatic carbocycles. The maximum Gasteiger partial charge on any atom is 0.325 e. The summed E-state index contributed by atoms with van der Waals surface area (Å²) in [5.74, 6) is -0.530. The Morgan fingerprint density at radius 2 is 2.05 bits per heavy atom. The number of fused-ring (bicyclic) bond motifs is 1. The summed E-state index contributed by atoms with van der Waals surface area (Å²) < 4.78 is 12.8. The SMILES string of the molecule is O=C(Nc1ccc(F)cc1)Nc1nc2c(s1)C(=O)NCCC2. The van der Waals surface area contributed by atoms with Crippen LogP contribution in [0.15, 0.2) is 24.3 Å². The van der Waals surface area contributed by atoms with Crippen molar-refractivity contribution in [3.8, 4) is 0 Å². The fourth-order valence-corrected chi connectivity index (χ4v) is 3.01. The minimum Gasteiger partial charge on any atom is -0.351 e. The van der Waals surface area contributed by atoms with Gasteiger partial charge < -0.3 is 10.6 Å². The van der Waals surface area contributed by atoms with Crippen LogP contribution in [0.3, 0.4) is 0 Å². The third kappa shape index (κ3) is 3.22. The van der Waals surface area contributed by atoms with Gasteiger partial charge in [0.25, 0.3) is 5.91 Å². The van der Waals surface area contributed by atoms with Crippen LogP contribution in [0.5, 0.6) is 0 Å². The minimum absolute atomic E-state index is 0.156. The highest BCUT2D eigenvalue weighted by Crippen LogP contribution is 2.25. The van der Waals surface area contributed by atoms with Crippen molar-refractivity contribution in [3.05, 3.63) is 40.7 Å². The molecular formula is C14H13FN4O2S. The molecule has 0 saturated carbocycles. The Kier molecular flexibility index (Phi) is 4.01. The molecule has 0 unspecified atom stereocenters. The van der Waals surface area contributed by atoms with E-state index in [2.05, 4.69) is 20.9 Å². The number of hydrogen-bond donors (Lipinski definition) is 3. The van der Waals surface area contributed by atoms with E-state index in [4.69, 9.17) is 0 Å². The molecule has 1 aliphatic rings. The van der Waals surface area contributed by atoms with Crippen molar-refractivity contribution in [3.63, 3.8) is 0 Å². The largest absolute Gasteiger partial charge is 0.351 e. The standard InChI is InChI=1S/C14H13FN4O2S/c15-8-3-5-9(6-4-8)17-13(21)19-14-18-10-2-1-7-16-12(20)11(10)22-14/h3-6H,1-2,7H2,(H,16,20)(H2,17,18,19,21). The molecule has 6 nitrogen and oxygen atoms in total. The molecule has 114 valence electrons. The van der Waals surface area contributed by atoms with Crippen molar-refractivity contribution in [1.29, 1.82) is 0 Å². The molecule has 1 aromatic heterocycles. The average Bonchev–Trinajstić information content (AvgIpc) is 2.81. The molecule has 0 radical (unpaired) electrons. The number of amides is 3. The predicted molar refractivity (Wildman–Crippen MR) is 81.8 cm³/mol. The molecule has 2 aromatic rings. The van der Waals surface area contributed by atoms with Crippen molar-refractivity contribution >= 4 is 34.1 Å². The molecule has 22 heavy (non-hydrogen) atoms. The highest BCUT2D eigenvalue weighted by Gasteiger charge is 2.21. The number of urea groups is 1. The van der Waals surface area contributed by atoms with Crippen molar-refractivity contribution in [2.75, 3.05) is 17.2 Å². The Hall–Kier alpha value is -2.48. The van der Waals surface area contributed by atoms with Crippen LogP contribution >= 0.6 is 11.3 Å². The number of halogens is 1. The van der Waals surface area contributed by atoms with Gasteiger partial charge in [-0.1, -0.05) is 11.3 Å². The minimum atomic E-state index is -0.490. The van der Waals surface area contributed by atoms with E-state index in [1.54, 1.807) is 0 Å². The van der Waals surface area contributed by atoms with Gasteiger partial charge in [-0.05, 0) is 37.1 Å². The van der Waals surface area contributed by atoms with E-state index in [1.807, 2.05) is 0 Å². The first-order chi connectivity index (χ1) is 10.6. The summed E-state index contributed by atoms with van der Waals surface area (Å²) >= 11 is 1.14. The second-order valence-electron chi connectivity index (χ2n) is 4.74. The molecule has 3 N–H and O–H groups in total. The van der Waals surface area contributed by atoms with E-state index in [1.165, 1.54) is 24.3 Å². The van der Waals surface area contributed by atoms with Gasteiger partial charge in [-0.2, -0.15) is 0 Å². The van der Waals surface area contributed by atoms with Gasteiger partial charge in [0.2, 0.25) is 0 Å². The van der Waals surface area contributed by atoms with Crippen LogP contribution in [0.1, 0.15) is 21.8 Å². The maximum absolute atomic E-state index is 12.8. The number of carbonyl (C=O) groups excluding carboxylic acids is 2. The van der Waals surface area contributed by atoms with Gasteiger partial charge in [0.05, 0.1) is 5.69 Å². The highest BCUT2D eigenvalue weighted by molar-refractivity contribution is 7.17. The van der Waals surface area contributed by atoms with E-state index in [9.17, 15) is 14.0 Å². The van der Waals surface area contributed by atoms with Gasteiger partial charge in [-0.15, -0.1) is 0 Å². The fourth-order valence-electron chi connectivity index (χ4n) is 2.08. The van der Waals surface area contributed by atoms with Gasteiger partial charge in [0.1, 0.15) is 10.7 Å². The van der Waals surface area contributed by atoms with Crippen molar-refractivity contribution in [2.45, 2.75) is 12.8 Å². The highest BCUT2D eigenvalue weighted by atomic mass is 32.1. The smallest absolute Gasteiger partial charge is 0.325 e. The molecular weight excluding hydrogens is 307 g/mol. The van der Waals surface area contributed by atoms with Gasteiger partial charge in [0.15, 0.2) is 5.13 Å². The number of nitrogens with zero attached hydrogens (tertiary/aromatic N) is 1. The predicted octanol–water partition coefficient (Wildman–Crippen LogP) is 2.60. The molecule has 3 rings (SSSR count). The zero-order valence-corrected chi connectivity index (χ0v) is 12.3. The molecule has 1 aliphatic heterocycles. The number of hydrogen-bond acceptors (Lipinski definition) is 4. The van der Waals surface area contributed by atoms with E-state index < -0.39 is 6.03 Å². The van der Waals surface area contributed by atoms with E-state index in [-0.39, 0.29) is 11.7 Å². The van der Waals surface area contributed by atoms with Gasteiger partial charge in [-0.25, -0.2) is 14.2 Å². The third-order valence-electron chi connectivity index (χ3n) is 3.10. The Morgan fingerprint density at radius 1 is 1.27 bits per heavy atom. The number of anilines is 2. The second kappa shape index (κ2) is 6.10. The average molecular weight is 320 g/mol. The molecule has 0 atom stereocenters. The van der Waals surface area contributed by atoms with Crippen LogP contribution in [-0.4, -0.2) is 23.5 Å². The number of nitrogens with one attached hydrogen (secondary N) is 3. The first-order valence-corrected chi connectivity index (χ1v) is 7.55. The summed E-state index contributed by atoms with van der Waals surface area (Å²) in [7, 11) is 0. The maximum atomic E-state index is 12.8. The molecule has 2 heterocycles. The van der Waals surface area contributed by atoms with Gasteiger partial charge >= 0.3 is 6.03 Å². The van der Waals surface area contributed by atoms with Crippen LogP contribution in [-0.2, 0) is 6.42 Å². The van der Waals surface area contributed by atoms with Gasteiger partial charge in [-0.3, -0.25) is 10.1 Å². The lowest BCUT2D eigenvalue weighted by molar-refractivity contribution is 0.0960. The van der Waals surface area contributed by atoms with Gasteiger partial charge in [0, 0.05) is 12.2 Å². The quantitative estimate of drug-likeness (QED) is 0.795. The van der Waals surface area contributed by atoms with E-state index in [0.29, 0.717) is 34.4 Å². The zero-order chi connectivity index (χ0) is 15.5. The summed E-state index contributed by atoms with van der Waals surface area (Å²) in [6, 6.07) is 4.94. The molecule has 0 spiro atoms. The Balaban J connectivity index is 1.68. The zero-order valence-electron chi connectivity index (χ0n) is 11.5. The van der Waals surface area contributed by atoms with Crippen molar-refractivity contribution in [1.82, 2.24) is 10.3 Å². The van der Waals surface area contributed by atoms with Crippen molar-refractivity contribution in [2.24, 2.45) is 0 Å². The molecule has 1 aromatic carbocycles. The number of thiazole rings is 1. The Bertz CT molecular complexity index is 714. The molecule has 0 bridgehead atoms. The van der Waals surface area contributed by atoms with E-state index >= 15 is 0 Å². The monoisotopic (exact) mass is 320 g/mol. The summed E-state index contributed by atoms with van der Waals surface area (Å²) in [6.07, 6.45) is 1.52. The van der Waals surface area contributed by atoms with Crippen LogP contribution in [0.25, 0.3) is 0 Å². The molecule has 8 heteroatoms. The number of benzene rings is 1. The lowest BCUT2D eigenvalue weighted by atomic mass is 10.2. The van der Waals surface area contributed by atoms with E-state index in [0.717, 1.165) is 17.8 Å². The molecule has 0 fully saturated rings. The first kappa shape index (κ1) is 14.5. The van der Waals surface area contributed by atoms with Crippen LogP contribution in [0.4, 0.5) is 20.0 Å². The van der Waals surface area contributed by atoms with Crippen molar-refractivity contribution < 1.29 is 14.0 Å². The normalized spacial score (nSPS) is 13.8. The number of carbonyl (C=O) groups is 2. The Morgan fingerprint density at radius 3 is 2.82 bits per heavy atom. The topological polar surface area (TPSA) is 83.1 Å². The summed E-state index contributed by atoms with van der Waals surface area (Å²) in [4.78, 5) is 28.5.